The zero-order valence-electron chi connectivity index (χ0n) is 20.5. The van der Waals surface area contributed by atoms with Crippen LogP contribution in [0, 0.1) is 29.9 Å². The number of fused-ring (bicyclic) bond motifs is 3. The zero-order chi connectivity index (χ0) is 29.1. The van der Waals surface area contributed by atoms with Crippen molar-refractivity contribution in [1.82, 2.24) is 14.0 Å². The third-order valence-electron chi connectivity index (χ3n) is 6.32. The van der Waals surface area contributed by atoms with Gasteiger partial charge in [0.05, 0.1) is 44.6 Å². The number of hydrogen-bond acceptors (Lipinski definition) is 4. The second-order valence-corrected chi connectivity index (χ2v) is 9.29. The van der Waals surface area contributed by atoms with Crippen LogP contribution in [0.3, 0.4) is 0 Å². The van der Waals surface area contributed by atoms with Gasteiger partial charge in [-0.1, -0.05) is 11.6 Å². The van der Waals surface area contributed by atoms with Crippen molar-refractivity contribution in [2.24, 2.45) is 7.05 Å². The van der Waals surface area contributed by atoms with Gasteiger partial charge in [0.25, 0.3) is 5.91 Å². The number of aromatic nitrogens is 3. The average Bonchev–Trinajstić information content (AvgIpc) is 3.41. The van der Waals surface area contributed by atoms with E-state index in [1.165, 1.54) is 6.07 Å². The van der Waals surface area contributed by atoms with Gasteiger partial charge in [-0.25, -0.2) is 13.8 Å². The molecular weight excluding hydrogens is 557 g/mol. The molecule has 0 aliphatic carbocycles. The Labute approximate surface area is 227 Å². The van der Waals surface area contributed by atoms with Crippen LogP contribution in [0.2, 0.25) is 5.02 Å². The third kappa shape index (κ3) is 4.34. The van der Waals surface area contributed by atoms with E-state index in [4.69, 9.17) is 11.6 Å². The Bertz CT molecular complexity index is 1930. The van der Waals surface area contributed by atoms with Crippen molar-refractivity contribution in [2.75, 3.05) is 5.32 Å². The van der Waals surface area contributed by atoms with Crippen molar-refractivity contribution < 1.29 is 31.5 Å². The van der Waals surface area contributed by atoms with Crippen molar-refractivity contribution in [3.63, 3.8) is 0 Å². The number of nitrogens with one attached hydrogen (secondary N) is 1. The molecule has 2 aromatic heterocycles. The molecule has 40 heavy (non-hydrogen) atoms. The summed E-state index contributed by atoms with van der Waals surface area (Å²) < 4.78 is 71.1. The van der Waals surface area contributed by atoms with Gasteiger partial charge >= 0.3 is 6.18 Å². The van der Waals surface area contributed by atoms with E-state index in [1.54, 1.807) is 29.1 Å². The molecular formula is C27H15ClF5N5O2. The number of anilines is 1. The Morgan fingerprint density at radius 1 is 1.07 bits per heavy atom. The Balaban J connectivity index is 1.78. The Morgan fingerprint density at radius 3 is 2.48 bits per heavy atom. The Hall–Kier alpha value is -4.76. The van der Waals surface area contributed by atoms with Crippen molar-refractivity contribution in [2.45, 2.75) is 13.1 Å². The van der Waals surface area contributed by atoms with Gasteiger partial charge in [0.15, 0.2) is 5.78 Å². The van der Waals surface area contributed by atoms with E-state index < -0.39 is 46.2 Å². The first-order chi connectivity index (χ1) is 18.8. The van der Waals surface area contributed by atoms with E-state index in [9.17, 15) is 36.8 Å². The van der Waals surface area contributed by atoms with Crippen LogP contribution in [0.5, 0.6) is 0 Å². The number of benzene rings is 3. The summed E-state index contributed by atoms with van der Waals surface area (Å²) in [5.74, 6) is -3.86. The van der Waals surface area contributed by atoms with Crippen molar-refractivity contribution in [1.29, 1.82) is 5.26 Å². The van der Waals surface area contributed by atoms with Crippen LogP contribution in [0.15, 0.2) is 48.7 Å². The van der Waals surface area contributed by atoms with Gasteiger partial charge in [0, 0.05) is 23.9 Å². The van der Waals surface area contributed by atoms with Gasteiger partial charge in [0.2, 0.25) is 5.78 Å². The number of aryl methyl sites for hydroxylation is 2. The average molecular weight is 572 g/mol. The van der Waals surface area contributed by atoms with E-state index in [1.807, 2.05) is 6.07 Å². The molecule has 7 nitrogen and oxygen atoms in total. The maximum Gasteiger partial charge on any atom is 0.416 e. The van der Waals surface area contributed by atoms with Gasteiger partial charge in [-0.3, -0.25) is 14.0 Å². The highest BCUT2D eigenvalue weighted by Gasteiger charge is 2.33. The third-order valence-corrected chi connectivity index (χ3v) is 6.65. The molecule has 0 aliphatic rings. The summed E-state index contributed by atoms with van der Waals surface area (Å²) in [7, 11) is 1.60. The summed E-state index contributed by atoms with van der Waals surface area (Å²) in [5.41, 5.74) is -2.13. The summed E-state index contributed by atoms with van der Waals surface area (Å²) in [5, 5.41) is 12.4. The van der Waals surface area contributed by atoms with Crippen LogP contribution in [0.1, 0.15) is 43.1 Å². The standard InChI is InChI=1S/C27H15ClF5N5O2/c1-12-11-35-26-37(2)23-18(10-34)22(24(39)17-8-15(29)3-4-19(17)28)20(9-21(23)38(12)26)36-25(40)13-5-14(27(31,32)33)7-16(30)6-13/h3-9,11H,1-2H3,(H,36,40). The molecule has 13 heteroatoms. The van der Waals surface area contributed by atoms with Gasteiger partial charge in [0.1, 0.15) is 17.7 Å². The molecule has 0 bridgehead atoms. The molecule has 1 N–H and O–H groups in total. The minimum atomic E-state index is -4.94. The molecule has 0 spiro atoms. The van der Waals surface area contributed by atoms with Crippen LogP contribution in [-0.2, 0) is 13.2 Å². The van der Waals surface area contributed by atoms with Crippen molar-refractivity contribution in [3.05, 3.63) is 98.8 Å². The molecule has 0 saturated heterocycles. The van der Waals surface area contributed by atoms with E-state index in [0.29, 0.717) is 29.1 Å². The summed E-state index contributed by atoms with van der Waals surface area (Å²) in [6.45, 7) is 1.72. The first-order valence-corrected chi connectivity index (χ1v) is 11.8. The molecule has 1 amide bonds. The summed E-state index contributed by atoms with van der Waals surface area (Å²) in [4.78, 5) is 31.2. The topological polar surface area (TPSA) is 92.2 Å². The molecule has 5 rings (SSSR count). The van der Waals surface area contributed by atoms with Gasteiger partial charge in [-0.15, -0.1) is 0 Å². The monoisotopic (exact) mass is 571 g/mol. The molecule has 0 atom stereocenters. The fourth-order valence-electron chi connectivity index (χ4n) is 4.56. The summed E-state index contributed by atoms with van der Waals surface area (Å²) in [6, 6.07) is 7.58. The fraction of sp³-hybridized carbons (Fsp3) is 0.111. The van der Waals surface area contributed by atoms with Gasteiger partial charge in [-0.2, -0.15) is 18.4 Å². The van der Waals surface area contributed by atoms with Crippen LogP contribution >= 0.6 is 11.6 Å². The number of carbonyl (C=O) groups is 2. The molecule has 0 fully saturated rings. The number of alkyl halides is 3. The number of ketones is 1. The number of carbonyl (C=O) groups excluding carboxylic acids is 2. The molecule has 202 valence electrons. The summed E-state index contributed by atoms with van der Waals surface area (Å²) >= 11 is 6.16. The first-order valence-electron chi connectivity index (χ1n) is 11.4. The highest BCUT2D eigenvalue weighted by Crippen LogP contribution is 2.36. The minimum absolute atomic E-state index is 0.148. The number of nitrogens with zero attached hydrogens (tertiary/aromatic N) is 4. The molecule has 0 radical (unpaired) electrons. The minimum Gasteiger partial charge on any atom is -0.321 e. The fourth-order valence-corrected chi connectivity index (χ4v) is 4.76. The van der Waals surface area contributed by atoms with Crippen LogP contribution in [-0.4, -0.2) is 25.6 Å². The zero-order valence-corrected chi connectivity index (χ0v) is 21.2. The second kappa shape index (κ2) is 9.46. The lowest BCUT2D eigenvalue weighted by Gasteiger charge is -2.15. The van der Waals surface area contributed by atoms with E-state index >= 15 is 0 Å². The highest BCUT2D eigenvalue weighted by molar-refractivity contribution is 6.35. The number of halogens is 6. The molecule has 5 aromatic rings. The SMILES string of the molecule is Cc1cnc2n(C)c3c(C#N)c(C(=O)c4cc(F)ccc4Cl)c(NC(=O)c4cc(F)cc(C(F)(F)F)c4)cc3n12. The molecule has 0 saturated carbocycles. The maximum atomic E-state index is 14.1. The van der Waals surface area contributed by atoms with E-state index in [2.05, 4.69) is 10.3 Å². The van der Waals surface area contributed by atoms with E-state index in [0.717, 1.165) is 18.2 Å². The lowest BCUT2D eigenvalue weighted by atomic mass is 9.95. The number of rotatable bonds is 4. The lowest BCUT2D eigenvalue weighted by Crippen LogP contribution is -2.18. The molecule has 2 heterocycles. The number of nitriles is 1. The smallest absolute Gasteiger partial charge is 0.321 e. The summed E-state index contributed by atoms with van der Waals surface area (Å²) in [6.07, 6.45) is -3.38. The molecule has 3 aromatic carbocycles. The van der Waals surface area contributed by atoms with Gasteiger partial charge in [-0.05, 0) is 49.4 Å². The van der Waals surface area contributed by atoms with Crippen molar-refractivity contribution in [3.8, 4) is 6.07 Å². The normalized spacial score (nSPS) is 11.7. The van der Waals surface area contributed by atoms with Crippen LogP contribution in [0.4, 0.5) is 27.6 Å². The maximum absolute atomic E-state index is 14.1. The quantitative estimate of drug-likeness (QED) is 0.198. The predicted octanol–water partition coefficient (Wildman–Crippen LogP) is 6.44. The highest BCUT2D eigenvalue weighted by atomic mass is 35.5. The number of imidazole rings is 2. The predicted molar refractivity (Wildman–Crippen MR) is 135 cm³/mol. The molecule has 0 unspecified atom stereocenters. The van der Waals surface area contributed by atoms with Crippen LogP contribution < -0.4 is 5.32 Å². The largest absolute Gasteiger partial charge is 0.416 e. The van der Waals surface area contributed by atoms with Crippen molar-refractivity contribution >= 4 is 45.8 Å². The van der Waals surface area contributed by atoms with Crippen LogP contribution in [0.25, 0.3) is 16.8 Å². The first kappa shape index (κ1) is 26.8. The number of amides is 1. The second-order valence-electron chi connectivity index (χ2n) is 8.88. The van der Waals surface area contributed by atoms with E-state index in [-0.39, 0.29) is 33.4 Å². The van der Waals surface area contributed by atoms with Gasteiger partial charge < -0.3 is 9.88 Å². The Morgan fingerprint density at radius 2 is 1.80 bits per heavy atom. The Kier molecular flexibility index (Phi) is 6.35. The molecule has 0 aliphatic heterocycles. The number of hydrogen-bond donors (Lipinski definition) is 1. The lowest BCUT2D eigenvalue weighted by molar-refractivity contribution is -0.137.